The molecule has 1 aromatic rings. The van der Waals surface area contributed by atoms with Gasteiger partial charge in [-0.1, -0.05) is 13.8 Å². The Kier molecular flexibility index (Phi) is 4.21. The van der Waals surface area contributed by atoms with Crippen LogP contribution in [0, 0.1) is 0 Å². The first-order valence-corrected chi connectivity index (χ1v) is 3.79. The number of anilines is 2. The molecule has 72 valence electrons. The quantitative estimate of drug-likeness (QED) is 0.555. The van der Waals surface area contributed by atoms with Gasteiger partial charge in [0, 0.05) is 6.20 Å². The maximum atomic E-state index is 10.6. The van der Waals surface area contributed by atoms with Gasteiger partial charge in [0.25, 0.3) is 5.91 Å². The summed E-state index contributed by atoms with van der Waals surface area (Å²) in [6, 6.07) is 0. The molecule has 0 bridgehead atoms. The Morgan fingerprint density at radius 2 is 1.92 bits per heavy atom. The maximum Gasteiger partial charge on any atom is 0.254 e. The summed E-state index contributed by atoms with van der Waals surface area (Å²) in [7, 11) is 0. The molecule has 13 heavy (non-hydrogen) atoms. The average molecular weight is 183 g/mol. The van der Waals surface area contributed by atoms with Crippen molar-refractivity contribution in [2.24, 2.45) is 5.73 Å². The first-order chi connectivity index (χ1) is 6.11. The molecule has 0 radical (unpaired) electrons. The minimum absolute atomic E-state index is 0.00463. The third-order valence-electron chi connectivity index (χ3n) is 1.10. The van der Waals surface area contributed by atoms with Crippen LogP contribution in [0.1, 0.15) is 24.2 Å². The molecule has 0 saturated heterocycles. The van der Waals surface area contributed by atoms with Gasteiger partial charge in [-0.3, -0.25) is 4.79 Å². The van der Waals surface area contributed by atoms with E-state index >= 15 is 0 Å². The molecule has 6 nitrogen and oxygen atoms in total. The van der Waals surface area contributed by atoms with Crippen molar-refractivity contribution in [2.45, 2.75) is 13.8 Å². The van der Waals surface area contributed by atoms with E-state index < -0.39 is 5.91 Å². The minimum Gasteiger partial charge on any atom is -0.383 e. The van der Waals surface area contributed by atoms with Crippen LogP contribution >= 0.6 is 0 Å². The summed E-state index contributed by atoms with van der Waals surface area (Å²) >= 11 is 0. The highest BCUT2D eigenvalue weighted by Crippen LogP contribution is 2.06. The van der Waals surface area contributed by atoms with Crippen LogP contribution in [-0.4, -0.2) is 15.9 Å². The topological polar surface area (TPSA) is 121 Å². The molecule has 0 aliphatic rings. The molecule has 0 aromatic carbocycles. The van der Waals surface area contributed by atoms with Crippen LogP contribution in [0.3, 0.4) is 0 Å². The van der Waals surface area contributed by atoms with Crippen molar-refractivity contribution in [3.05, 3.63) is 11.8 Å². The molecule has 1 heterocycles. The van der Waals surface area contributed by atoms with Crippen LogP contribution in [-0.2, 0) is 0 Å². The lowest BCUT2D eigenvalue weighted by Gasteiger charge is -1.98. The van der Waals surface area contributed by atoms with E-state index in [9.17, 15) is 4.79 Å². The number of nitrogen functional groups attached to an aromatic ring is 2. The number of carbonyl (C=O) groups excluding carboxylic acids is 1. The Morgan fingerprint density at radius 3 is 2.31 bits per heavy atom. The monoisotopic (exact) mass is 183 g/mol. The number of hydrogen-bond donors (Lipinski definition) is 3. The number of amides is 1. The molecular formula is C7H13N5O. The summed E-state index contributed by atoms with van der Waals surface area (Å²) in [6.45, 7) is 4.00. The number of nitrogens with zero attached hydrogens (tertiary/aromatic N) is 2. The van der Waals surface area contributed by atoms with Gasteiger partial charge in [0.15, 0.2) is 0 Å². The summed E-state index contributed by atoms with van der Waals surface area (Å²) in [4.78, 5) is 17.6. The lowest BCUT2D eigenvalue weighted by atomic mass is 10.3. The lowest BCUT2D eigenvalue weighted by Crippen LogP contribution is -2.15. The zero-order valence-corrected chi connectivity index (χ0v) is 7.61. The molecule has 0 unspecified atom stereocenters. The van der Waals surface area contributed by atoms with E-state index in [1.807, 2.05) is 13.8 Å². The first-order valence-electron chi connectivity index (χ1n) is 3.79. The number of hydrogen-bond acceptors (Lipinski definition) is 5. The highest BCUT2D eigenvalue weighted by molar-refractivity contribution is 5.96. The van der Waals surface area contributed by atoms with Crippen molar-refractivity contribution in [3.8, 4) is 0 Å². The van der Waals surface area contributed by atoms with E-state index in [1.54, 1.807) is 0 Å². The fourth-order valence-electron chi connectivity index (χ4n) is 0.599. The summed E-state index contributed by atoms with van der Waals surface area (Å²) in [6.07, 6.45) is 1.19. The fourth-order valence-corrected chi connectivity index (χ4v) is 0.599. The van der Waals surface area contributed by atoms with E-state index in [0.717, 1.165) is 0 Å². The van der Waals surface area contributed by atoms with Crippen molar-refractivity contribution >= 4 is 17.7 Å². The highest BCUT2D eigenvalue weighted by Gasteiger charge is 2.06. The zero-order valence-electron chi connectivity index (χ0n) is 7.61. The molecule has 0 fully saturated rings. The molecule has 6 heteroatoms. The molecule has 1 aromatic heterocycles. The molecule has 1 amide bonds. The van der Waals surface area contributed by atoms with Gasteiger partial charge < -0.3 is 17.2 Å². The third-order valence-corrected chi connectivity index (χ3v) is 1.10. The van der Waals surface area contributed by atoms with Crippen LogP contribution < -0.4 is 17.2 Å². The van der Waals surface area contributed by atoms with E-state index in [0.29, 0.717) is 0 Å². The minimum atomic E-state index is -0.664. The summed E-state index contributed by atoms with van der Waals surface area (Å²) < 4.78 is 0. The molecule has 0 aliphatic heterocycles. The maximum absolute atomic E-state index is 10.6. The summed E-state index contributed by atoms with van der Waals surface area (Å²) in [5, 5.41) is 0. The SMILES string of the molecule is CC.NC(=O)c1cnc(N)nc1N. The van der Waals surface area contributed by atoms with Gasteiger partial charge in [0.1, 0.15) is 5.82 Å². The largest absolute Gasteiger partial charge is 0.383 e. The predicted molar refractivity (Wildman–Crippen MR) is 50.7 cm³/mol. The van der Waals surface area contributed by atoms with Gasteiger partial charge >= 0.3 is 0 Å². The number of aromatic nitrogens is 2. The lowest BCUT2D eigenvalue weighted by molar-refractivity contribution is 0.100. The molecule has 0 saturated carbocycles. The number of carbonyl (C=O) groups is 1. The van der Waals surface area contributed by atoms with Crippen molar-refractivity contribution in [3.63, 3.8) is 0 Å². The Labute approximate surface area is 76.2 Å². The summed E-state index contributed by atoms with van der Waals surface area (Å²) in [5.41, 5.74) is 15.5. The normalized spacial score (nSPS) is 8.46. The second-order valence-electron chi connectivity index (χ2n) is 1.89. The van der Waals surface area contributed by atoms with Crippen molar-refractivity contribution in [1.29, 1.82) is 0 Å². The molecule has 0 spiro atoms. The van der Waals surface area contributed by atoms with Crippen molar-refractivity contribution in [2.75, 3.05) is 11.5 Å². The summed E-state index contributed by atoms with van der Waals surface area (Å²) in [5.74, 6) is -0.639. The van der Waals surface area contributed by atoms with Gasteiger partial charge in [0.05, 0.1) is 5.56 Å². The van der Waals surface area contributed by atoms with Crippen LogP contribution in [0.15, 0.2) is 6.20 Å². The fraction of sp³-hybridized carbons (Fsp3) is 0.286. The Hall–Kier alpha value is -1.85. The second-order valence-corrected chi connectivity index (χ2v) is 1.89. The standard InChI is InChI=1S/C5H7N5O.C2H6/c6-3-2(4(7)11)1-9-5(8)10-3;1-2/h1H,(H2,7,11)(H4,6,8,9,10);1-2H3. The molecular weight excluding hydrogens is 170 g/mol. The Balaban J connectivity index is 0.000000671. The Bertz CT molecular complexity index is 299. The van der Waals surface area contributed by atoms with Crippen LogP contribution in [0.25, 0.3) is 0 Å². The van der Waals surface area contributed by atoms with Gasteiger partial charge in [0.2, 0.25) is 5.95 Å². The number of primary amides is 1. The van der Waals surface area contributed by atoms with Gasteiger partial charge in [-0.15, -0.1) is 0 Å². The van der Waals surface area contributed by atoms with E-state index in [2.05, 4.69) is 9.97 Å². The average Bonchev–Trinajstić information content (AvgIpc) is 2.07. The third kappa shape index (κ3) is 2.94. The molecule has 0 aliphatic carbocycles. The molecule has 1 rings (SSSR count). The Morgan fingerprint density at radius 1 is 1.38 bits per heavy atom. The van der Waals surface area contributed by atoms with Crippen molar-refractivity contribution < 1.29 is 4.79 Å². The van der Waals surface area contributed by atoms with Crippen molar-refractivity contribution in [1.82, 2.24) is 9.97 Å². The number of rotatable bonds is 1. The van der Waals surface area contributed by atoms with Crippen LogP contribution in [0.2, 0.25) is 0 Å². The van der Waals surface area contributed by atoms with E-state index in [-0.39, 0.29) is 17.3 Å². The van der Waals surface area contributed by atoms with Gasteiger partial charge in [-0.25, -0.2) is 4.98 Å². The van der Waals surface area contributed by atoms with Gasteiger partial charge in [-0.05, 0) is 0 Å². The molecule has 0 atom stereocenters. The predicted octanol–water partition coefficient (Wildman–Crippen LogP) is -0.234. The first kappa shape index (κ1) is 11.2. The van der Waals surface area contributed by atoms with Crippen LogP contribution in [0.5, 0.6) is 0 Å². The van der Waals surface area contributed by atoms with Crippen LogP contribution in [0.4, 0.5) is 11.8 Å². The van der Waals surface area contributed by atoms with E-state index in [4.69, 9.17) is 17.2 Å². The van der Waals surface area contributed by atoms with Gasteiger partial charge in [-0.2, -0.15) is 4.98 Å². The smallest absolute Gasteiger partial charge is 0.254 e. The highest BCUT2D eigenvalue weighted by atomic mass is 16.1. The zero-order chi connectivity index (χ0) is 10.4. The second kappa shape index (κ2) is 4.91. The molecule has 6 N–H and O–H groups in total. The van der Waals surface area contributed by atoms with E-state index in [1.165, 1.54) is 6.20 Å². The number of nitrogens with two attached hydrogens (primary N) is 3.